The van der Waals surface area contributed by atoms with Crippen LogP contribution in [0, 0.1) is 13.8 Å². The normalized spacial score (nSPS) is 10.5. The lowest BCUT2D eigenvalue weighted by molar-refractivity contribution is -0.115. The van der Waals surface area contributed by atoms with Gasteiger partial charge < -0.3 is 19.9 Å². The highest BCUT2D eigenvalue weighted by Gasteiger charge is 2.15. The number of hydrogen-bond donors (Lipinski definition) is 2. The van der Waals surface area contributed by atoms with Gasteiger partial charge in [0.15, 0.2) is 5.82 Å². The van der Waals surface area contributed by atoms with E-state index in [0.717, 1.165) is 10.5 Å². The number of hydrogen-bond acceptors (Lipinski definition) is 7. The monoisotopic (exact) mass is 426 g/mol. The number of carbonyl (C=O) groups excluding carboxylic acids is 2. The molecule has 0 aliphatic carbocycles. The van der Waals surface area contributed by atoms with Gasteiger partial charge in [-0.1, -0.05) is 23.4 Å². The van der Waals surface area contributed by atoms with Crippen molar-refractivity contribution >= 4 is 29.3 Å². The Morgan fingerprint density at radius 3 is 2.70 bits per heavy atom. The van der Waals surface area contributed by atoms with E-state index in [4.69, 9.17) is 9.26 Å². The molecule has 8 nitrogen and oxygen atoms in total. The molecule has 0 aliphatic rings. The number of methoxy groups -OCH3 is 1. The van der Waals surface area contributed by atoms with Crippen LogP contribution in [0.3, 0.4) is 0 Å². The fourth-order valence-electron chi connectivity index (χ4n) is 2.69. The second kappa shape index (κ2) is 9.93. The summed E-state index contributed by atoms with van der Waals surface area (Å²) < 4.78 is 10.4. The lowest BCUT2D eigenvalue weighted by Gasteiger charge is -2.12. The molecule has 0 saturated heterocycles. The summed E-state index contributed by atoms with van der Waals surface area (Å²) in [6, 6.07) is 12.6. The minimum atomic E-state index is -0.348. The third-order valence-electron chi connectivity index (χ3n) is 4.09. The highest BCUT2D eigenvalue weighted by Crippen LogP contribution is 2.26. The van der Waals surface area contributed by atoms with Gasteiger partial charge in [0.05, 0.1) is 30.7 Å². The molecule has 3 rings (SSSR count). The Bertz CT molecular complexity index is 1050. The van der Waals surface area contributed by atoms with Crippen LogP contribution < -0.4 is 15.4 Å². The van der Waals surface area contributed by atoms with Crippen molar-refractivity contribution in [1.82, 2.24) is 15.5 Å². The first kappa shape index (κ1) is 21.4. The minimum absolute atomic E-state index is 0.169. The zero-order valence-electron chi connectivity index (χ0n) is 16.9. The number of nitrogens with zero attached hydrogens (tertiary/aromatic N) is 2. The van der Waals surface area contributed by atoms with E-state index in [-0.39, 0.29) is 18.4 Å². The molecule has 0 saturated carbocycles. The number of carbonyl (C=O) groups is 2. The van der Waals surface area contributed by atoms with E-state index in [1.807, 2.05) is 31.2 Å². The molecule has 1 heterocycles. The van der Waals surface area contributed by atoms with E-state index in [2.05, 4.69) is 20.8 Å². The molecule has 30 heavy (non-hydrogen) atoms. The van der Waals surface area contributed by atoms with Crippen molar-refractivity contribution in [1.29, 1.82) is 0 Å². The number of aromatic nitrogens is 2. The smallest absolute Gasteiger partial charge is 0.252 e. The first-order valence-corrected chi connectivity index (χ1v) is 10.2. The number of amides is 2. The maximum Gasteiger partial charge on any atom is 0.252 e. The minimum Gasteiger partial charge on any atom is -0.495 e. The van der Waals surface area contributed by atoms with E-state index < -0.39 is 0 Å². The van der Waals surface area contributed by atoms with Crippen molar-refractivity contribution < 1.29 is 18.8 Å². The number of rotatable bonds is 8. The summed E-state index contributed by atoms with van der Waals surface area (Å²) in [6.45, 7) is 3.50. The molecule has 0 fully saturated rings. The summed E-state index contributed by atoms with van der Waals surface area (Å²) in [5.74, 6) is 1.36. The summed E-state index contributed by atoms with van der Waals surface area (Å²) in [6.07, 6.45) is 0. The molecule has 1 aromatic heterocycles. The lowest BCUT2D eigenvalue weighted by Crippen LogP contribution is -2.33. The average molecular weight is 426 g/mol. The molecule has 0 radical (unpaired) electrons. The molecule has 0 spiro atoms. The highest BCUT2D eigenvalue weighted by atomic mass is 32.2. The SMILES string of the molecule is COc1ccc(C)cc1NC(=O)CNC(=O)c1ccccc1SCc1nc(C)no1. The topological polar surface area (TPSA) is 106 Å². The fraction of sp³-hybridized carbons (Fsp3) is 0.238. The molecule has 0 atom stereocenters. The van der Waals surface area contributed by atoms with Crippen molar-refractivity contribution in [2.45, 2.75) is 24.5 Å². The van der Waals surface area contributed by atoms with Gasteiger partial charge in [-0.15, -0.1) is 11.8 Å². The van der Waals surface area contributed by atoms with Crippen LogP contribution in [0.15, 0.2) is 51.9 Å². The summed E-state index contributed by atoms with van der Waals surface area (Å²) in [4.78, 5) is 29.9. The van der Waals surface area contributed by atoms with Gasteiger partial charge in [0.2, 0.25) is 11.8 Å². The van der Waals surface area contributed by atoms with E-state index >= 15 is 0 Å². The van der Waals surface area contributed by atoms with E-state index in [0.29, 0.717) is 34.5 Å². The summed E-state index contributed by atoms with van der Waals surface area (Å²) in [5, 5.41) is 9.17. The average Bonchev–Trinajstić information content (AvgIpc) is 3.16. The molecule has 3 aromatic rings. The van der Waals surface area contributed by atoms with Crippen LogP contribution in [0.1, 0.15) is 27.6 Å². The van der Waals surface area contributed by atoms with E-state index in [9.17, 15) is 9.59 Å². The maximum atomic E-state index is 12.6. The Balaban J connectivity index is 1.59. The zero-order chi connectivity index (χ0) is 21.5. The van der Waals surface area contributed by atoms with Crippen molar-refractivity contribution in [3.63, 3.8) is 0 Å². The molecule has 9 heteroatoms. The van der Waals surface area contributed by atoms with E-state index in [1.165, 1.54) is 18.9 Å². The van der Waals surface area contributed by atoms with Gasteiger partial charge in [-0.25, -0.2) is 0 Å². The predicted octanol–water partition coefficient (Wildman–Crippen LogP) is 3.36. The largest absolute Gasteiger partial charge is 0.495 e. The van der Waals surface area contributed by atoms with Crippen molar-refractivity contribution in [3.8, 4) is 5.75 Å². The Kier molecular flexibility index (Phi) is 7.08. The van der Waals surface area contributed by atoms with Gasteiger partial charge in [-0.2, -0.15) is 4.98 Å². The number of nitrogens with one attached hydrogen (secondary N) is 2. The van der Waals surface area contributed by atoms with Gasteiger partial charge in [0.25, 0.3) is 5.91 Å². The van der Waals surface area contributed by atoms with Gasteiger partial charge in [0.1, 0.15) is 5.75 Å². The molecule has 0 bridgehead atoms. The van der Waals surface area contributed by atoms with Crippen LogP contribution in [-0.2, 0) is 10.5 Å². The Labute approximate surface area is 178 Å². The second-order valence-corrected chi connectivity index (χ2v) is 7.47. The number of benzene rings is 2. The second-order valence-electron chi connectivity index (χ2n) is 6.45. The third kappa shape index (κ3) is 5.60. The number of aryl methyl sites for hydroxylation is 2. The lowest BCUT2D eigenvalue weighted by atomic mass is 10.2. The van der Waals surface area contributed by atoms with E-state index in [1.54, 1.807) is 25.1 Å². The molecule has 2 amide bonds. The fourth-order valence-corrected chi connectivity index (χ4v) is 3.58. The standard InChI is InChI=1S/C21H22N4O4S/c1-13-8-9-17(28-3)16(10-13)24-19(26)11-22-21(27)15-6-4-5-7-18(15)30-12-20-23-14(2)25-29-20/h4-10H,11-12H2,1-3H3,(H,22,27)(H,24,26). The first-order chi connectivity index (χ1) is 14.5. The number of thioether (sulfide) groups is 1. The summed E-state index contributed by atoms with van der Waals surface area (Å²) in [7, 11) is 1.53. The van der Waals surface area contributed by atoms with Gasteiger partial charge in [-0.3, -0.25) is 9.59 Å². The van der Waals surface area contributed by atoms with Crippen molar-refractivity contribution in [2.75, 3.05) is 19.0 Å². The van der Waals surface area contributed by atoms with Crippen molar-refractivity contribution in [3.05, 3.63) is 65.3 Å². The van der Waals surface area contributed by atoms with Crippen LogP contribution in [0.5, 0.6) is 5.75 Å². The van der Waals surface area contributed by atoms with Crippen LogP contribution in [0.4, 0.5) is 5.69 Å². The molecule has 0 aliphatic heterocycles. The van der Waals surface area contributed by atoms with Gasteiger partial charge in [0, 0.05) is 4.90 Å². The Hall–Kier alpha value is -3.33. The molecular weight excluding hydrogens is 404 g/mol. The highest BCUT2D eigenvalue weighted by molar-refractivity contribution is 7.98. The van der Waals surface area contributed by atoms with Crippen LogP contribution in [0.25, 0.3) is 0 Å². The predicted molar refractivity (Wildman–Crippen MR) is 114 cm³/mol. The third-order valence-corrected chi connectivity index (χ3v) is 5.15. The Morgan fingerprint density at radius 2 is 1.97 bits per heavy atom. The van der Waals surface area contributed by atoms with Gasteiger partial charge >= 0.3 is 0 Å². The maximum absolute atomic E-state index is 12.6. The molecule has 2 aromatic carbocycles. The Morgan fingerprint density at radius 1 is 1.17 bits per heavy atom. The van der Waals surface area contributed by atoms with Crippen molar-refractivity contribution in [2.24, 2.45) is 0 Å². The summed E-state index contributed by atoms with van der Waals surface area (Å²) >= 11 is 1.41. The number of ether oxygens (including phenoxy) is 1. The van der Waals surface area contributed by atoms with Crippen LogP contribution in [-0.4, -0.2) is 35.6 Å². The zero-order valence-corrected chi connectivity index (χ0v) is 17.7. The van der Waals surface area contributed by atoms with Crippen LogP contribution in [0.2, 0.25) is 0 Å². The first-order valence-electron chi connectivity index (χ1n) is 9.20. The van der Waals surface area contributed by atoms with Gasteiger partial charge in [-0.05, 0) is 43.7 Å². The molecule has 156 valence electrons. The summed E-state index contributed by atoms with van der Waals surface area (Å²) in [5.41, 5.74) is 2.01. The number of anilines is 1. The molecular formula is C21H22N4O4S. The molecule has 0 unspecified atom stereocenters. The quantitative estimate of drug-likeness (QED) is 0.532. The molecule has 2 N–H and O–H groups in total. The van der Waals surface area contributed by atoms with Crippen LogP contribution >= 0.6 is 11.8 Å².